The Kier molecular flexibility index (Phi) is 8.25. The van der Waals surface area contributed by atoms with Crippen molar-refractivity contribution in [3.8, 4) is 22.6 Å². The van der Waals surface area contributed by atoms with E-state index in [0.717, 1.165) is 30.2 Å². The lowest BCUT2D eigenvalue weighted by Gasteiger charge is -2.33. The Morgan fingerprint density at radius 1 is 1.00 bits per heavy atom. The van der Waals surface area contributed by atoms with Gasteiger partial charge in [0.15, 0.2) is 0 Å². The van der Waals surface area contributed by atoms with Crippen LogP contribution in [-0.4, -0.2) is 34.3 Å². The molecule has 1 saturated heterocycles. The van der Waals surface area contributed by atoms with Crippen LogP contribution in [0.4, 0.5) is 14.9 Å². The van der Waals surface area contributed by atoms with E-state index in [4.69, 9.17) is 15.2 Å². The van der Waals surface area contributed by atoms with Gasteiger partial charge in [-0.2, -0.15) is 0 Å². The number of fused-ring (bicyclic) bond motifs is 1. The number of amides is 1. The third-order valence-corrected chi connectivity index (χ3v) is 7.73. The van der Waals surface area contributed by atoms with Crippen LogP contribution in [-0.2, 0) is 18.2 Å². The topological polar surface area (TPSA) is 86.8 Å². The van der Waals surface area contributed by atoms with Gasteiger partial charge in [-0.3, -0.25) is 4.79 Å². The maximum atomic E-state index is 15.2. The molecule has 1 aliphatic heterocycles. The highest BCUT2D eigenvalue weighted by Gasteiger charge is 2.27. The summed E-state index contributed by atoms with van der Waals surface area (Å²) >= 11 is 0. The summed E-state index contributed by atoms with van der Waals surface area (Å²) in [4.78, 5) is 26.8. The Balaban J connectivity index is 1.28. The van der Waals surface area contributed by atoms with Crippen molar-refractivity contribution in [2.24, 2.45) is 13.0 Å². The van der Waals surface area contributed by atoms with E-state index in [9.17, 15) is 9.59 Å². The van der Waals surface area contributed by atoms with Crippen LogP contribution in [0.3, 0.4) is 0 Å². The molecule has 220 valence electrons. The summed E-state index contributed by atoms with van der Waals surface area (Å²) in [6, 6.07) is 17.7. The molecule has 3 aromatic carbocycles. The summed E-state index contributed by atoms with van der Waals surface area (Å²) in [5.41, 5.74) is 8.24. The average molecular weight is 572 g/mol. The molecule has 1 aromatic heterocycles. The van der Waals surface area contributed by atoms with Crippen LogP contribution < -0.4 is 16.0 Å². The zero-order valence-electron chi connectivity index (χ0n) is 24.7. The molecule has 0 spiro atoms. The third kappa shape index (κ3) is 6.59. The third-order valence-electron chi connectivity index (χ3n) is 7.73. The van der Waals surface area contributed by atoms with Gasteiger partial charge in [0.1, 0.15) is 22.9 Å². The maximum Gasteiger partial charge on any atom is 0.410 e. The highest BCUT2D eigenvalue weighted by molar-refractivity contribution is 5.97. The fourth-order valence-electron chi connectivity index (χ4n) is 5.49. The van der Waals surface area contributed by atoms with Crippen molar-refractivity contribution in [1.82, 2.24) is 9.47 Å². The predicted molar refractivity (Wildman–Crippen MR) is 164 cm³/mol. The summed E-state index contributed by atoms with van der Waals surface area (Å²) < 4.78 is 28.4. The van der Waals surface area contributed by atoms with E-state index >= 15 is 4.39 Å². The van der Waals surface area contributed by atoms with E-state index < -0.39 is 5.60 Å². The molecule has 2 heterocycles. The predicted octanol–water partition coefficient (Wildman–Crippen LogP) is 7.30. The zero-order valence-corrected chi connectivity index (χ0v) is 24.7. The van der Waals surface area contributed by atoms with E-state index in [-0.39, 0.29) is 17.5 Å². The molecule has 42 heavy (non-hydrogen) atoms. The average Bonchev–Trinajstić information content (AvgIpc) is 2.95. The minimum atomic E-state index is -0.507. The molecule has 1 fully saturated rings. The number of hydrogen-bond donors (Lipinski definition) is 1. The van der Waals surface area contributed by atoms with Gasteiger partial charge in [0.25, 0.3) is 5.56 Å². The first kappa shape index (κ1) is 29.2. The summed E-state index contributed by atoms with van der Waals surface area (Å²) in [6.45, 7) is 6.92. The minimum Gasteiger partial charge on any atom is -0.457 e. The van der Waals surface area contributed by atoms with Crippen molar-refractivity contribution in [2.75, 3.05) is 18.8 Å². The second-order valence-electron chi connectivity index (χ2n) is 12.1. The zero-order chi connectivity index (χ0) is 30.0. The van der Waals surface area contributed by atoms with Crippen LogP contribution in [0.15, 0.2) is 71.7 Å². The van der Waals surface area contributed by atoms with Crippen molar-refractivity contribution in [3.05, 3.63) is 88.6 Å². The molecule has 2 N–H and O–H groups in total. The number of ether oxygens (including phenoxy) is 2. The first-order valence-corrected chi connectivity index (χ1v) is 14.4. The minimum absolute atomic E-state index is 0.0908. The molecule has 8 heteroatoms. The Labute approximate surface area is 245 Å². The van der Waals surface area contributed by atoms with Crippen molar-refractivity contribution in [3.63, 3.8) is 0 Å². The van der Waals surface area contributed by atoms with Gasteiger partial charge in [-0.15, -0.1) is 0 Å². The fraction of sp³-hybridized carbons (Fsp3) is 0.353. The normalized spacial score (nSPS) is 14.3. The number of aromatic nitrogens is 1. The van der Waals surface area contributed by atoms with E-state index in [2.05, 4.69) is 0 Å². The van der Waals surface area contributed by atoms with Gasteiger partial charge in [0.2, 0.25) is 0 Å². The van der Waals surface area contributed by atoms with E-state index in [1.807, 2.05) is 39.0 Å². The molecule has 0 atom stereocenters. The monoisotopic (exact) mass is 571 g/mol. The molecule has 0 saturated carbocycles. The Morgan fingerprint density at radius 3 is 2.40 bits per heavy atom. The van der Waals surface area contributed by atoms with Crippen LogP contribution in [0.2, 0.25) is 0 Å². The summed E-state index contributed by atoms with van der Waals surface area (Å²) in [7, 11) is 1.71. The largest absolute Gasteiger partial charge is 0.457 e. The lowest BCUT2D eigenvalue weighted by atomic mass is 9.90. The van der Waals surface area contributed by atoms with Gasteiger partial charge in [-0.25, -0.2) is 9.18 Å². The van der Waals surface area contributed by atoms with Crippen molar-refractivity contribution in [1.29, 1.82) is 0 Å². The number of aryl methyl sites for hydroxylation is 2. The van der Waals surface area contributed by atoms with Gasteiger partial charge in [-0.1, -0.05) is 24.3 Å². The molecule has 4 aromatic rings. The molecule has 5 rings (SSSR count). The highest BCUT2D eigenvalue weighted by atomic mass is 19.1. The standard InChI is InChI=1S/C34H38FN3O4/c1-34(2,3)42-33(40)38-17-15-22(16-18-38)9-10-23-11-13-25(20-30(23)35)41-31-14-12-24(36)19-28(31)29-21-37(4)32(39)27-8-6-5-7-26(27)29/h5-8,11-14,19-22H,9-10,15-18,36H2,1-4H3. The summed E-state index contributed by atoms with van der Waals surface area (Å²) in [5, 5.41) is 1.38. The summed E-state index contributed by atoms with van der Waals surface area (Å²) in [6.07, 6.45) is 4.72. The smallest absolute Gasteiger partial charge is 0.410 e. The van der Waals surface area contributed by atoms with Gasteiger partial charge in [0.05, 0.1) is 0 Å². The number of nitrogens with zero attached hydrogens (tertiary/aromatic N) is 2. The van der Waals surface area contributed by atoms with Gasteiger partial charge >= 0.3 is 6.09 Å². The molecule has 1 amide bonds. The van der Waals surface area contributed by atoms with Crippen molar-refractivity contribution in [2.45, 2.75) is 52.1 Å². The number of likely N-dealkylation sites (tertiary alicyclic amines) is 1. The molecular formula is C34H38FN3O4. The second-order valence-corrected chi connectivity index (χ2v) is 12.1. The number of carbonyl (C=O) groups is 1. The van der Waals surface area contributed by atoms with Crippen LogP contribution in [0.5, 0.6) is 11.5 Å². The maximum absolute atomic E-state index is 15.2. The van der Waals surface area contributed by atoms with Gasteiger partial charge < -0.3 is 24.7 Å². The lowest BCUT2D eigenvalue weighted by Crippen LogP contribution is -2.41. The Bertz CT molecular complexity index is 1670. The molecule has 0 unspecified atom stereocenters. The number of nitrogen functional groups attached to an aromatic ring is 1. The number of nitrogens with two attached hydrogens (primary N) is 1. The molecule has 7 nitrogen and oxygen atoms in total. The molecular weight excluding hydrogens is 533 g/mol. The number of pyridine rings is 1. The SMILES string of the molecule is Cn1cc(-c2cc(N)ccc2Oc2ccc(CCC3CCN(C(=O)OC(C)(C)C)CC3)c(F)c2)c2ccccc2c1=O. The summed E-state index contributed by atoms with van der Waals surface area (Å²) in [5.74, 6) is 0.996. The van der Waals surface area contributed by atoms with Gasteiger partial charge in [-0.05, 0) is 93.7 Å². The Hall–Kier alpha value is -4.33. The molecule has 0 bridgehead atoms. The van der Waals surface area contributed by atoms with Gasteiger partial charge in [0, 0.05) is 54.6 Å². The van der Waals surface area contributed by atoms with Crippen molar-refractivity contribution >= 4 is 22.6 Å². The second kappa shape index (κ2) is 11.9. The number of anilines is 1. The number of carbonyl (C=O) groups excluding carboxylic acids is 1. The molecule has 1 aliphatic rings. The van der Waals surface area contributed by atoms with E-state index in [0.29, 0.717) is 59.1 Å². The van der Waals surface area contributed by atoms with Crippen LogP contribution >= 0.6 is 0 Å². The molecule has 0 aliphatic carbocycles. The number of hydrogen-bond acceptors (Lipinski definition) is 5. The molecule has 0 radical (unpaired) electrons. The fourth-order valence-corrected chi connectivity index (χ4v) is 5.49. The number of rotatable bonds is 6. The number of halogens is 1. The number of piperidine rings is 1. The van der Waals surface area contributed by atoms with Crippen LogP contribution in [0, 0.1) is 11.7 Å². The highest BCUT2D eigenvalue weighted by Crippen LogP contribution is 2.38. The van der Waals surface area contributed by atoms with E-state index in [1.54, 1.807) is 59.1 Å². The lowest BCUT2D eigenvalue weighted by molar-refractivity contribution is 0.0181. The van der Waals surface area contributed by atoms with E-state index in [1.165, 1.54) is 6.07 Å². The Morgan fingerprint density at radius 2 is 1.71 bits per heavy atom. The van der Waals surface area contributed by atoms with Crippen LogP contribution in [0.1, 0.15) is 45.6 Å². The van der Waals surface area contributed by atoms with Crippen LogP contribution in [0.25, 0.3) is 21.9 Å². The number of benzene rings is 3. The first-order chi connectivity index (χ1) is 20.0. The first-order valence-electron chi connectivity index (χ1n) is 14.4. The van der Waals surface area contributed by atoms with Crippen molar-refractivity contribution < 1.29 is 18.7 Å². The quantitative estimate of drug-likeness (QED) is 0.246.